The number of hydrogen-bond donors (Lipinski definition) is 0. The first-order valence-electron chi connectivity index (χ1n) is 5.90. The second-order valence-electron chi connectivity index (χ2n) is 5.31. The van der Waals surface area contributed by atoms with Gasteiger partial charge in [0.15, 0.2) is 0 Å². The Morgan fingerprint density at radius 3 is 2.50 bits per heavy atom. The molecule has 0 radical (unpaired) electrons. The Morgan fingerprint density at radius 1 is 1.12 bits per heavy atom. The lowest BCUT2D eigenvalue weighted by Gasteiger charge is -2.19. The Morgan fingerprint density at radius 2 is 1.88 bits per heavy atom. The average Bonchev–Trinajstić information content (AvgIpc) is 2.26. The van der Waals surface area contributed by atoms with Crippen molar-refractivity contribution >= 4 is 10.9 Å². The molecule has 0 saturated heterocycles. The molecule has 0 N–H and O–H groups in total. The van der Waals surface area contributed by atoms with E-state index in [4.69, 9.17) is 0 Å². The summed E-state index contributed by atoms with van der Waals surface area (Å²) in [5, 5.41) is 1.30. The van der Waals surface area contributed by atoms with Crippen LogP contribution < -0.4 is 0 Å². The maximum atomic E-state index is 4.41. The highest BCUT2D eigenvalue weighted by atomic mass is 14.6. The first-order valence-corrected chi connectivity index (χ1v) is 5.90. The largest absolute Gasteiger partial charge is 0.256 e. The topological polar surface area (TPSA) is 12.9 Å². The molecule has 0 unspecified atom stereocenters. The third-order valence-electron chi connectivity index (χ3n) is 3.08. The van der Waals surface area contributed by atoms with Gasteiger partial charge < -0.3 is 0 Å². The van der Waals surface area contributed by atoms with E-state index >= 15 is 0 Å². The molecule has 0 aliphatic rings. The zero-order valence-corrected chi connectivity index (χ0v) is 10.5. The number of nitrogens with zero attached hydrogens (tertiary/aromatic N) is 1. The van der Waals surface area contributed by atoms with Crippen molar-refractivity contribution in [2.45, 2.75) is 39.5 Å². The number of pyridine rings is 1. The van der Waals surface area contributed by atoms with Crippen molar-refractivity contribution < 1.29 is 0 Å². The molecule has 0 aliphatic heterocycles. The van der Waals surface area contributed by atoms with Crippen molar-refractivity contribution in [1.29, 1.82) is 0 Å². The van der Waals surface area contributed by atoms with Gasteiger partial charge in [-0.3, -0.25) is 4.98 Å². The molecule has 1 heterocycles. The SMILES string of the molecule is CCc1ccnc2ccc(C(C)(C)C)cc12. The van der Waals surface area contributed by atoms with Crippen LogP contribution in [-0.2, 0) is 11.8 Å². The third kappa shape index (κ3) is 1.95. The van der Waals surface area contributed by atoms with E-state index in [2.05, 4.69) is 56.9 Å². The van der Waals surface area contributed by atoms with Gasteiger partial charge in [0.1, 0.15) is 0 Å². The van der Waals surface area contributed by atoms with Crippen molar-refractivity contribution in [3.8, 4) is 0 Å². The van der Waals surface area contributed by atoms with Gasteiger partial charge in [-0.2, -0.15) is 0 Å². The molecule has 84 valence electrons. The third-order valence-corrected chi connectivity index (χ3v) is 3.08. The number of benzene rings is 1. The molecule has 0 atom stereocenters. The Bertz CT molecular complexity index is 506. The summed E-state index contributed by atoms with van der Waals surface area (Å²) in [5.41, 5.74) is 4.07. The fourth-order valence-corrected chi connectivity index (χ4v) is 1.98. The molecule has 0 fully saturated rings. The van der Waals surface area contributed by atoms with Crippen LogP contribution in [0.25, 0.3) is 10.9 Å². The molecule has 0 amide bonds. The van der Waals surface area contributed by atoms with Crippen molar-refractivity contribution in [3.63, 3.8) is 0 Å². The predicted octanol–water partition coefficient (Wildman–Crippen LogP) is 4.09. The van der Waals surface area contributed by atoms with Crippen molar-refractivity contribution in [2.75, 3.05) is 0 Å². The van der Waals surface area contributed by atoms with E-state index in [0.29, 0.717) is 0 Å². The first kappa shape index (κ1) is 11.1. The van der Waals surface area contributed by atoms with E-state index in [1.165, 1.54) is 16.5 Å². The Labute approximate surface area is 97.5 Å². The lowest BCUT2D eigenvalue weighted by atomic mass is 9.86. The minimum Gasteiger partial charge on any atom is -0.256 e. The van der Waals surface area contributed by atoms with Crippen LogP contribution in [0.3, 0.4) is 0 Å². The number of aryl methyl sites for hydroxylation is 1. The second-order valence-corrected chi connectivity index (χ2v) is 5.31. The zero-order valence-electron chi connectivity index (χ0n) is 10.5. The molecule has 1 aromatic heterocycles. The molecule has 1 aromatic carbocycles. The molecule has 0 saturated carbocycles. The molecule has 1 heteroatoms. The molecular weight excluding hydrogens is 194 g/mol. The summed E-state index contributed by atoms with van der Waals surface area (Å²) in [4.78, 5) is 4.41. The van der Waals surface area contributed by atoms with Crippen LogP contribution >= 0.6 is 0 Å². The fourth-order valence-electron chi connectivity index (χ4n) is 1.98. The van der Waals surface area contributed by atoms with Crippen LogP contribution in [-0.4, -0.2) is 4.98 Å². The monoisotopic (exact) mass is 213 g/mol. The maximum Gasteiger partial charge on any atom is 0.0704 e. The molecule has 0 aliphatic carbocycles. The van der Waals surface area contributed by atoms with E-state index in [1.54, 1.807) is 0 Å². The summed E-state index contributed by atoms with van der Waals surface area (Å²) < 4.78 is 0. The minimum absolute atomic E-state index is 0.203. The number of aromatic nitrogens is 1. The summed E-state index contributed by atoms with van der Waals surface area (Å²) in [7, 11) is 0. The molecule has 1 nitrogen and oxygen atoms in total. The zero-order chi connectivity index (χ0) is 11.8. The summed E-state index contributed by atoms with van der Waals surface area (Å²) in [5.74, 6) is 0. The molecule has 2 rings (SSSR count). The molecule has 2 aromatic rings. The van der Waals surface area contributed by atoms with E-state index in [1.807, 2.05) is 6.20 Å². The molecule has 0 spiro atoms. The van der Waals surface area contributed by atoms with E-state index in [9.17, 15) is 0 Å². The number of rotatable bonds is 1. The number of hydrogen-bond acceptors (Lipinski definition) is 1. The Hall–Kier alpha value is -1.37. The summed E-state index contributed by atoms with van der Waals surface area (Å²) in [6.07, 6.45) is 2.96. The fraction of sp³-hybridized carbons (Fsp3) is 0.400. The molecular formula is C15H19N. The number of fused-ring (bicyclic) bond motifs is 1. The van der Waals surface area contributed by atoms with E-state index in [-0.39, 0.29) is 5.41 Å². The Balaban J connectivity index is 2.68. The summed E-state index contributed by atoms with van der Waals surface area (Å²) in [6.45, 7) is 8.93. The van der Waals surface area contributed by atoms with E-state index < -0.39 is 0 Å². The van der Waals surface area contributed by atoms with Crippen LogP contribution in [0, 0.1) is 0 Å². The summed E-state index contributed by atoms with van der Waals surface area (Å²) >= 11 is 0. The van der Waals surface area contributed by atoms with Gasteiger partial charge in [-0.05, 0) is 41.2 Å². The van der Waals surface area contributed by atoms with Crippen LogP contribution in [0.2, 0.25) is 0 Å². The van der Waals surface area contributed by atoms with Gasteiger partial charge in [-0.25, -0.2) is 0 Å². The average molecular weight is 213 g/mol. The van der Waals surface area contributed by atoms with Crippen molar-refractivity contribution in [3.05, 3.63) is 41.6 Å². The van der Waals surface area contributed by atoms with Gasteiger partial charge in [-0.1, -0.05) is 33.8 Å². The minimum atomic E-state index is 0.203. The highest BCUT2D eigenvalue weighted by molar-refractivity contribution is 5.82. The van der Waals surface area contributed by atoms with Gasteiger partial charge in [0.25, 0.3) is 0 Å². The normalized spacial score (nSPS) is 12.0. The van der Waals surface area contributed by atoms with Gasteiger partial charge >= 0.3 is 0 Å². The highest BCUT2D eigenvalue weighted by Gasteiger charge is 2.14. The lowest BCUT2D eigenvalue weighted by Crippen LogP contribution is -2.10. The van der Waals surface area contributed by atoms with Crippen molar-refractivity contribution in [2.24, 2.45) is 0 Å². The van der Waals surface area contributed by atoms with Gasteiger partial charge in [0.2, 0.25) is 0 Å². The van der Waals surface area contributed by atoms with Crippen LogP contribution in [0.15, 0.2) is 30.5 Å². The van der Waals surface area contributed by atoms with Crippen LogP contribution in [0.5, 0.6) is 0 Å². The standard InChI is InChI=1S/C15H19N/c1-5-11-8-9-16-14-7-6-12(10-13(11)14)15(2,3)4/h6-10H,5H2,1-4H3. The quantitative estimate of drug-likeness (QED) is 0.695. The predicted molar refractivity (Wildman–Crippen MR) is 69.8 cm³/mol. The summed E-state index contributed by atoms with van der Waals surface area (Å²) in [6, 6.07) is 8.74. The van der Waals surface area contributed by atoms with E-state index in [0.717, 1.165) is 11.9 Å². The maximum absolute atomic E-state index is 4.41. The van der Waals surface area contributed by atoms with Gasteiger partial charge in [-0.15, -0.1) is 0 Å². The lowest BCUT2D eigenvalue weighted by molar-refractivity contribution is 0.591. The smallest absolute Gasteiger partial charge is 0.0704 e. The van der Waals surface area contributed by atoms with Gasteiger partial charge in [0.05, 0.1) is 5.52 Å². The second kappa shape index (κ2) is 3.89. The molecule has 16 heavy (non-hydrogen) atoms. The first-order chi connectivity index (χ1) is 7.52. The van der Waals surface area contributed by atoms with Gasteiger partial charge in [0, 0.05) is 11.6 Å². The highest BCUT2D eigenvalue weighted by Crippen LogP contribution is 2.27. The molecule has 0 bridgehead atoms. The van der Waals surface area contributed by atoms with Crippen LogP contribution in [0.4, 0.5) is 0 Å². The van der Waals surface area contributed by atoms with Crippen molar-refractivity contribution in [1.82, 2.24) is 4.98 Å². The van der Waals surface area contributed by atoms with Crippen LogP contribution in [0.1, 0.15) is 38.8 Å². The Kier molecular flexibility index (Phi) is 2.71.